The zero-order chi connectivity index (χ0) is 15.4. The summed E-state index contributed by atoms with van der Waals surface area (Å²) in [5.74, 6) is 1.39. The van der Waals surface area contributed by atoms with Crippen LogP contribution in [0.3, 0.4) is 0 Å². The smallest absolute Gasteiger partial charge is 0.264 e. The molecule has 0 aliphatic heterocycles. The van der Waals surface area contributed by atoms with Gasteiger partial charge in [0, 0.05) is 13.6 Å². The zero-order valence-electron chi connectivity index (χ0n) is 12.7. The molecule has 2 rings (SSSR count). The van der Waals surface area contributed by atoms with Crippen LogP contribution in [0.4, 0.5) is 0 Å². The average Bonchev–Trinajstić information content (AvgIpc) is 2.92. The number of thiophene rings is 1. The first kappa shape index (κ1) is 15.4. The van der Waals surface area contributed by atoms with Crippen molar-refractivity contribution in [2.75, 3.05) is 21.3 Å². The number of carbonyl (C=O) groups is 1. The second kappa shape index (κ2) is 6.63. The van der Waals surface area contributed by atoms with Crippen LogP contribution in [0.25, 0.3) is 0 Å². The van der Waals surface area contributed by atoms with E-state index in [2.05, 4.69) is 0 Å². The average molecular weight is 305 g/mol. The molecule has 1 amide bonds. The molecule has 4 nitrogen and oxygen atoms in total. The molecule has 1 aromatic carbocycles. The quantitative estimate of drug-likeness (QED) is 0.850. The van der Waals surface area contributed by atoms with E-state index >= 15 is 0 Å². The van der Waals surface area contributed by atoms with Crippen LogP contribution in [0.2, 0.25) is 0 Å². The summed E-state index contributed by atoms with van der Waals surface area (Å²) in [5, 5.41) is 1.94. The Morgan fingerprint density at radius 3 is 2.48 bits per heavy atom. The van der Waals surface area contributed by atoms with E-state index in [4.69, 9.17) is 9.47 Å². The maximum Gasteiger partial charge on any atom is 0.264 e. The van der Waals surface area contributed by atoms with Crippen molar-refractivity contribution in [1.29, 1.82) is 0 Å². The lowest BCUT2D eigenvalue weighted by molar-refractivity contribution is 0.0789. The van der Waals surface area contributed by atoms with Gasteiger partial charge in [-0.25, -0.2) is 0 Å². The lowest BCUT2D eigenvalue weighted by Gasteiger charge is -2.18. The minimum atomic E-state index is 0.0392. The van der Waals surface area contributed by atoms with Crippen LogP contribution in [-0.4, -0.2) is 32.1 Å². The van der Waals surface area contributed by atoms with Crippen LogP contribution in [0.1, 0.15) is 20.8 Å². The van der Waals surface area contributed by atoms with Gasteiger partial charge in [0.25, 0.3) is 5.91 Å². The van der Waals surface area contributed by atoms with Gasteiger partial charge in [-0.3, -0.25) is 4.79 Å². The minimum absolute atomic E-state index is 0.0392. The van der Waals surface area contributed by atoms with Crippen molar-refractivity contribution in [2.45, 2.75) is 13.5 Å². The first-order valence-corrected chi connectivity index (χ1v) is 7.45. The summed E-state index contributed by atoms with van der Waals surface area (Å²) in [5.41, 5.74) is 2.02. The molecule has 0 spiro atoms. The van der Waals surface area contributed by atoms with Crippen LogP contribution in [0.15, 0.2) is 29.6 Å². The highest BCUT2D eigenvalue weighted by Gasteiger charge is 2.16. The summed E-state index contributed by atoms with van der Waals surface area (Å²) in [7, 11) is 5.01. The van der Waals surface area contributed by atoms with Gasteiger partial charge in [0.15, 0.2) is 11.5 Å². The van der Waals surface area contributed by atoms with Gasteiger partial charge in [0.2, 0.25) is 0 Å². The Labute approximate surface area is 128 Å². The standard InChI is InChI=1S/C16H19NO3S/c1-11-7-8-21-15(11)16(18)17(2)10-12-5-6-13(19-3)14(9-12)20-4/h5-9H,10H2,1-4H3. The number of nitrogens with zero attached hydrogens (tertiary/aromatic N) is 1. The SMILES string of the molecule is COc1ccc(CN(C)C(=O)c2sccc2C)cc1OC. The Morgan fingerprint density at radius 1 is 1.19 bits per heavy atom. The largest absolute Gasteiger partial charge is 0.493 e. The summed E-state index contributed by atoms with van der Waals surface area (Å²) in [4.78, 5) is 14.9. The lowest BCUT2D eigenvalue weighted by atomic mass is 10.2. The van der Waals surface area contributed by atoms with Crippen molar-refractivity contribution >= 4 is 17.2 Å². The number of rotatable bonds is 5. The van der Waals surface area contributed by atoms with Crippen molar-refractivity contribution in [3.8, 4) is 11.5 Å². The minimum Gasteiger partial charge on any atom is -0.493 e. The summed E-state index contributed by atoms with van der Waals surface area (Å²) in [6.07, 6.45) is 0. The van der Waals surface area contributed by atoms with E-state index < -0.39 is 0 Å². The van der Waals surface area contributed by atoms with Crippen LogP contribution in [-0.2, 0) is 6.54 Å². The maximum absolute atomic E-state index is 12.4. The van der Waals surface area contributed by atoms with Crippen LogP contribution >= 0.6 is 11.3 Å². The number of amides is 1. The molecule has 0 aliphatic carbocycles. The fraction of sp³-hybridized carbons (Fsp3) is 0.312. The second-order valence-electron chi connectivity index (χ2n) is 4.78. The number of aryl methyl sites for hydroxylation is 1. The summed E-state index contributed by atoms with van der Waals surface area (Å²) >= 11 is 1.47. The lowest BCUT2D eigenvalue weighted by Crippen LogP contribution is -2.25. The third-order valence-corrected chi connectivity index (χ3v) is 4.28. The Morgan fingerprint density at radius 2 is 1.90 bits per heavy atom. The number of carbonyl (C=O) groups excluding carboxylic acids is 1. The van der Waals surface area contributed by atoms with E-state index in [-0.39, 0.29) is 5.91 Å². The van der Waals surface area contributed by atoms with Gasteiger partial charge in [0.1, 0.15) is 0 Å². The summed E-state index contributed by atoms with van der Waals surface area (Å²) in [6.45, 7) is 2.48. The Bertz CT molecular complexity index is 636. The molecule has 1 heterocycles. The van der Waals surface area contributed by atoms with Crippen molar-refractivity contribution < 1.29 is 14.3 Å². The van der Waals surface area contributed by atoms with E-state index in [9.17, 15) is 4.79 Å². The van der Waals surface area contributed by atoms with Crippen LogP contribution in [0, 0.1) is 6.92 Å². The molecule has 0 N–H and O–H groups in total. The van der Waals surface area contributed by atoms with Gasteiger partial charge in [-0.15, -0.1) is 11.3 Å². The van der Waals surface area contributed by atoms with E-state index in [1.807, 2.05) is 36.6 Å². The van der Waals surface area contributed by atoms with Gasteiger partial charge in [-0.05, 0) is 41.6 Å². The predicted molar refractivity (Wildman–Crippen MR) is 84.4 cm³/mol. The molecule has 21 heavy (non-hydrogen) atoms. The molecule has 0 aliphatic rings. The molecule has 0 saturated heterocycles. The molecule has 2 aromatic rings. The van der Waals surface area contributed by atoms with Gasteiger partial charge < -0.3 is 14.4 Å². The molecule has 0 atom stereocenters. The number of ether oxygens (including phenoxy) is 2. The van der Waals surface area contributed by atoms with Gasteiger partial charge >= 0.3 is 0 Å². The van der Waals surface area contributed by atoms with Crippen LogP contribution < -0.4 is 9.47 Å². The van der Waals surface area contributed by atoms with Crippen molar-refractivity contribution in [1.82, 2.24) is 4.90 Å². The predicted octanol–water partition coefficient (Wildman–Crippen LogP) is 3.35. The zero-order valence-corrected chi connectivity index (χ0v) is 13.5. The van der Waals surface area contributed by atoms with Gasteiger partial charge in [-0.1, -0.05) is 6.07 Å². The van der Waals surface area contributed by atoms with Crippen molar-refractivity contribution in [3.05, 3.63) is 45.6 Å². The maximum atomic E-state index is 12.4. The number of methoxy groups -OCH3 is 2. The molecule has 5 heteroatoms. The first-order valence-electron chi connectivity index (χ1n) is 6.57. The van der Waals surface area contributed by atoms with Gasteiger partial charge in [0.05, 0.1) is 19.1 Å². The van der Waals surface area contributed by atoms with Crippen molar-refractivity contribution in [2.24, 2.45) is 0 Å². The Hall–Kier alpha value is -2.01. The molecule has 1 aromatic heterocycles. The van der Waals surface area contributed by atoms with E-state index in [0.29, 0.717) is 18.0 Å². The highest BCUT2D eigenvalue weighted by atomic mass is 32.1. The topological polar surface area (TPSA) is 38.8 Å². The van der Waals surface area contributed by atoms with E-state index in [0.717, 1.165) is 16.0 Å². The highest BCUT2D eigenvalue weighted by molar-refractivity contribution is 7.12. The Kier molecular flexibility index (Phi) is 4.85. The summed E-state index contributed by atoms with van der Waals surface area (Å²) in [6, 6.07) is 7.64. The normalized spacial score (nSPS) is 10.3. The fourth-order valence-corrected chi connectivity index (χ4v) is 3.01. The molecular weight excluding hydrogens is 286 g/mol. The van der Waals surface area contributed by atoms with Crippen molar-refractivity contribution in [3.63, 3.8) is 0 Å². The third kappa shape index (κ3) is 3.36. The molecular formula is C16H19NO3S. The molecule has 0 unspecified atom stereocenters. The molecule has 0 fully saturated rings. The monoisotopic (exact) mass is 305 g/mol. The summed E-state index contributed by atoms with van der Waals surface area (Å²) < 4.78 is 10.5. The van der Waals surface area contributed by atoms with Gasteiger partial charge in [-0.2, -0.15) is 0 Å². The molecule has 112 valence electrons. The highest BCUT2D eigenvalue weighted by Crippen LogP contribution is 2.28. The first-order chi connectivity index (χ1) is 10.1. The molecule has 0 radical (unpaired) electrons. The van der Waals surface area contributed by atoms with Crippen LogP contribution in [0.5, 0.6) is 11.5 Å². The van der Waals surface area contributed by atoms with E-state index in [1.165, 1.54) is 11.3 Å². The Balaban J connectivity index is 2.14. The number of hydrogen-bond donors (Lipinski definition) is 0. The number of benzene rings is 1. The molecule has 0 saturated carbocycles. The fourth-order valence-electron chi connectivity index (χ4n) is 2.09. The second-order valence-corrected chi connectivity index (χ2v) is 5.70. The number of hydrogen-bond acceptors (Lipinski definition) is 4. The third-order valence-electron chi connectivity index (χ3n) is 3.27. The molecule has 0 bridgehead atoms. The van der Waals surface area contributed by atoms with E-state index in [1.54, 1.807) is 26.2 Å².